The molecule has 0 aliphatic rings. The maximum absolute atomic E-state index is 13.1. The summed E-state index contributed by atoms with van der Waals surface area (Å²) in [5.41, 5.74) is 0.973. The fourth-order valence-electron chi connectivity index (χ4n) is 2.77. The van der Waals surface area contributed by atoms with Gasteiger partial charge in [0.25, 0.3) is 0 Å². The first-order valence-electron chi connectivity index (χ1n) is 7.01. The Morgan fingerprint density at radius 3 is 2.30 bits per heavy atom. The molecule has 0 saturated heterocycles. The van der Waals surface area contributed by atoms with Crippen LogP contribution in [0, 0.1) is 0 Å². The summed E-state index contributed by atoms with van der Waals surface area (Å²) in [4.78, 5) is 11.4. The van der Waals surface area contributed by atoms with Crippen molar-refractivity contribution in [2.75, 3.05) is 0 Å². The maximum atomic E-state index is 13.1. The van der Waals surface area contributed by atoms with Crippen molar-refractivity contribution in [1.29, 1.82) is 0 Å². The minimum atomic E-state index is -3.81. The molecular formula is C17H15NO4S. The van der Waals surface area contributed by atoms with E-state index >= 15 is 0 Å². The van der Waals surface area contributed by atoms with Crippen LogP contribution in [0.25, 0.3) is 10.9 Å². The van der Waals surface area contributed by atoms with Crippen molar-refractivity contribution in [2.24, 2.45) is 7.05 Å². The maximum Gasteiger partial charge on any atom is 0.309 e. The highest BCUT2D eigenvalue weighted by Crippen LogP contribution is 2.33. The van der Waals surface area contributed by atoms with Crippen LogP contribution in [0.1, 0.15) is 5.69 Å². The smallest absolute Gasteiger partial charge is 0.309 e. The van der Waals surface area contributed by atoms with Gasteiger partial charge in [0.1, 0.15) is 4.90 Å². The zero-order valence-corrected chi connectivity index (χ0v) is 13.2. The SMILES string of the molecule is Cn1c(CC(=O)O)c(S(=O)(=O)c2ccccc2)c2ccccc21. The summed E-state index contributed by atoms with van der Waals surface area (Å²) in [6.45, 7) is 0. The van der Waals surface area contributed by atoms with Gasteiger partial charge in [-0.3, -0.25) is 4.79 Å². The lowest BCUT2D eigenvalue weighted by Gasteiger charge is -2.07. The molecule has 0 aliphatic heterocycles. The summed E-state index contributed by atoms with van der Waals surface area (Å²) in [6, 6.07) is 15.1. The van der Waals surface area contributed by atoms with Gasteiger partial charge in [-0.15, -0.1) is 0 Å². The second-order valence-corrected chi connectivity index (χ2v) is 7.13. The number of hydrogen-bond acceptors (Lipinski definition) is 3. The fraction of sp³-hybridized carbons (Fsp3) is 0.118. The predicted octanol–water partition coefficient (Wildman–Crippen LogP) is 2.64. The second kappa shape index (κ2) is 5.55. The van der Waals surface area contributed by atoms with E-state index in [1.807, 2.05) is 0 Å². The highest BCUT2D eigenvalue weighted by Gasteiger charge is 2.28. The highest BCUT2D eigenvalue weighted by atomic mass is 32.2. The van der Waals surface area contributed by atoms with Gasteiger partial charge in [0, 0.05) is 23.6 Å². The molecule has 2 aromatic carbocycles. The molecule has 0 bridgehead atoms. The van der Waals surface area contributed by atoms with Crippen molar-refractivity contribution >= 4 is 26.7 Å². The molecule has 0 radical (unpaired) electrons. The van der Waals surface area contributed by atoms with Gasteiger partial charge < -0.3 is 9.67 Å². The van der Waals surface area contributed by atoms with Gasteiger partial charge in [0.2, 0.25) is 9.84 Å². The van der Waals surface area contributed by atoms with Crippen molar-refractivity contribution in [3.05, 3.63) is 60.3 Å². The summed E-state index contributed by atoms with van der Waals surface area (Å²) in [6.07, 6.45) is -0.355. The Hall–Kier alpha value is -2.60. The molecule has 3 aromatic rings. The Bertz CT molecular complexity index is 988. The molecule has 118 valence electrons. The molecule has 6 heteroatoms. The van der Waals surface area contributed by atoms with Crippen LogP contribution in [-0.4, -0.2) is 24.1 Å². The van der Waals surface area contributed by atoms with Crippen LogP contribution in [0.5, 0.6) is 0 Å². The average molecular weight is 329 g/mol. The Morgan fingerprint density at radius 1 is 1.04 bits per heavy atom. The van der Waals surface area contributed by atoms with E-state index in [9.17, 15) is 13.2 Å². The molecule has 0 saturated carbocycles. The summed E-state index contributed by atoms with van der Waals surface area (Å²) in [5.74, 6) is -1.07. The van der Waals surface area contributed by atoms with Crippen molar-refractivity contribution < 1.29 is 18.3 Å². The van der Waals surface area contributed by atoms with Gasteiger partial charge in [-0.2, -0.15) is 0 Å². The van der Waals surface area contributed by atoms with Crippen LogP contribution in [0.15, 0.2) is 64.4 Å². The van der Waals surface area contributed by atoms with E-state index in [0.29, 0.717) is 10.9 Å². The molecule has 3 rings (SSSR count). The first-order valence-corrected chi connectivity index (χ1v) is 8.49. The quantitative estimate of drug-likeness (QED) is 0.798. The molecule has 1 N–H and O–H groups in total. The zero-order valence-electron chi connectivity index (χ0n) is 12.4. The van der Waals surface area contributed by atoms with E-state index in [1.54, 1.807) is 54.1 Å². The molecule has 1 aromatic heterocycles. The van der Waals surface area contributed by atoms with Crippen molar-refractivity contribution in [1.82, 2.24) is 4.57 Å². The number of carbonyl (C=O) groups is 1. The minimum absolute atomic E-state index is 0.0733. The van der Waals surface area contributed by atoms with E-state index < -0.39 is 15.8 Å². The standard InChI is InChI=1S/C17H15NO4S/c1-18-14-10-6-5-9-13(14)17(15(18)11-16(19)20)23(21,22)12-7-3-2-4-8-12/h2-10H,11H2,1H3,(H,19,20). The van der Waals surface area contributed by atoms with Crippen LogP contribution in [0.4, 0.5) is 0 Å². The third-order valence-electron chi connectivity index (χ3n) is 3.82. The van der Waals surface area contributed by atoms with Gasteiger partial charge in [-0.1, -0.05) is 36.4 Å². The number of rotatable bonds is 4. The van der Waals surface area contributed by atoms with Gasteiger partial charge in [0.15, 0.2) is 0 Å². The van der Waals surface area contributed by atoms with Gasteiger partial charge in [-0.25, -0.2) is 8.42 Å². The second-order valence-electron chi connectivity index (χ2n) is 5.24. The first kappa shape index (κ1) is 15.3. The lowest BCUT2D eigenvalue weighted by molar-refractivity contribution is -0.136. The van der Waals surface area contributed by atoms with E-state index in [-0.39, 0.29) is 21.9 Å². The number of hydrogen-bond donors (Lipinski definition) is 1. The average Bonchev–Trinajstić information content (AvgIpc) is 2.81. The lowest BCUT2D eigenvalue weighted by atomic mass is 10.2. The first-order chi connectivity index (χ1) is 10.9. The van der Waals surface area contributed by atoms with Crippen LogP contribution >= 0.6 is 0 Å². The predicted molar refractivity (Wildman–Crippen MR) is 86.2 cm³/mol. The molecular weight excluding hydrogens is 314 g/mol. The van der Waals surface area contributed by atoms with Crippen molar-refractivity contribution in [2.45, 2.75) is 16.2 Å². The number of aryl methyl sites for hydroxylation is 1. The molecule has 0 aliphatic carbocycles. The molecule has 0 unspecified atom stereocenters. The molecule has 5 nitrogen and oxygen atoms in total. The number of nitrogens with zero attached hydrogens (tertiary/aromatic N) is 1. The van der Waals surface area contributed by atoms with Crippen LogP contribution in [0.3, 0.4) is 0 Å². The molecule has 0 spiro atoms. The van der Waals surface area contributed by atoms with Crippen LogP contribution < -0.4 is 0 Å². The van der Waals surface area contributed by atoms with Gasteiger partial charge >= 0.3 is 5.97 Å². The number of carboxylic acids is 1. The van der Waals surface area contributed by atoms with E-state index in [0.717, 1.165) is 0 Å². The van der Waals surface area contributed by atoms with Crippen molar-refractivity contribution in [3.8, 4) is 0 Å². The number of benzene rings is 2. The molecule has 0 fully saturated rings. The largest absolute Gasteiger partial charge is 0.481 e. The molecule has 0 amide bonds. The summed E-state index contributed by atoms with van der Waals surface area (Å²) in [7, 11) is -2.12. The van der Waals surface area contributed by atoms with Crippen LogP contribution in [-0.2, 0) is 28.1 Å². The van der Waals surface area contributed by atoms with E-state index in [1.165, 1.54) is 12.1 Å². The molecule has 1 heterocycles. The highest BCUT2D eigenvalue weighted by molar-refractivity contribution is 7.91. The monoisotopic (exact) mass is 329 g/mol. The van der Waals surface area contributed by atoms with Crippen LogP contribution in [0.2, 0.25) is 0 Å². The summed E-state index contributed by atoms with van der Waals surface area (Å²) in [5, 5.41) is 9.71. The lowest BCUT2D eigenvalue weighted by Crippen LogP contribution is -2.11. The van der Waals surface area contributed by atoms with E-state index in [4.69, 9.17) is 5.11 Å². The molecule has 0 atom stereocenters. The van der Waals surface area contributed by atoms with Gasteiger partial charge in [0.05, 0.1) is 11.3 Å². The topological polar surface area (TPSA) is 76.4 Å². The third-order valence-corrected chi connectivity index (χ3v) is 5.70. The number of fused-ring (bicyclic) bond motifs is 1. The zero-order chi connectivity index (χ0) is 16.6. The Kier molecular flexibility index (Phi) is 3.69. The minimum Gasteiger partial charge on any atom is -0.481 e. The van der Waals surface area contributed by atoms with Gasteiger partial charge in [-0.05, 0) is 18.2 Å². The summed E-state index contributed by atoms with van der Waals surface area (Å²) >= 11 is 0. The Balaban J connectivity index is 2.38. The third kappa shape index (κ3) is 2.51. The van der Waals surface area contributed by atoms with E-state index in [2.05, 4.69) is 0 Å². The Morgan fingerprint density at radius 2 is 1.65 bits per heavy atom. The number of aliphatic carboxylic acids is 1. The number of carboxylic acid groups (broad SMARTS) is 1. The molecule has 23 heavy (non-hydrogen) atoms. The normalized spacial score (nSPS) is 11.7. The summed E-state index contributed by atoms with van der Waals surface area (Å²) < 4.78 is 27.8. The fourth-order valence-corrected chi connectivity index (χ4v) is 4.50. The van der Waals surface area contributed by atoms with Crippen molar-refractivity contribution in [3.63, 3.8) is 0 Å². The number of para-hydroxylation sites is 1. The Labute approximate surface area is 133 Å². The number of sulfone groups is 1. The number of aromatic nitrogens is 1.